The molecule has 1 aromatic heterocycles. The van der Waals surface area contributed by atoms with Gasteiger partial charge < -0.3 is 17.1 Å². The van der Waals surface area contributed by atoms with Gasteiger partial charge in [-0.15, -0.1) is 0 Å². The summed E-state index contributed by atoms with van der Waals surface area (Å²) in [6, 6.07) is 8.52. The van der Waals surface area contributed by atoms with E-state index >= 15 is 0 Å². The van der Waals surface area contributed by atoms with Crippen LogP contribution in [0.25, 0.3) is 11.0 Å². The van der Waals surface area contributed by atoms with Crippen LogP contribution in [0.15, 0.2) is 24.3 Å². The van der Waals surface area contributed by atoms with Crippen LogP contribution < -0.4 is 17.0 Å². The lowest BCUT2D eigenvalue weighted by molar-refractivity contribution is -0.652. The third kappa shape index (κ3) is 5.78. The summed E-state index contributed by atoms with van der Waals surface area (Å²) in [5.41, 5.74) is 2.52. The average Bonchev–Trinajstić information content (AvgIpc) is 2.81. The molecule has 0 aliphatic rings. The SMILES string of the molecule is CCCCCCCCCCOCn1c(C)[n+](C)c2ccccc21.[Cl-]. The average molecular weight is 353 g/mol. The Kier molecular flexibility index (Phi) is 10.0. The Morgan fingerprint density at radius 1 is 0.958 bits per heavy atom. The minimum Gasteiger partial charge on any atom is -1.00 e. The normalized spacial score (nSPS) is 11.0. The lowest BCUT2D eigenvalue weighted by Gasteiger charge is -2.04. The van der Waals surface area contributed by atoms with Gasteiger partial charge in [0.2, 0.25) is 0 Å². The fourth-order valence-corrected chi connectivity index (χ4v) is 3.16. The number of halogens is 1. The second kappa shape index (κ2) is 11.5. The van der Waals surface area contributed by atoms with Gasteiger partial charge in [-0.25, -0.2) is 9.13 Å². The van der Waals surface area contributed by atoms with Gasteiger partial charge in [-0.05, 0) is 18.6 Å². The molecule has 0 atom stereocenters. The molecule has 24 heavy (non-hydrogen) atoms. The predicted molar refractivity (Wildman–Crippen MR) is 96.4 cm³/mol. The Morgan fingerprint density at radius 2 is 1.58 bits per heavy atom. The Morgan fingerprint density at radius 3 is 2.29 bits per heavy atom. The van der Waals surface area contributed by atoms with Crippen molar-refractivity contribution < 1.29 is 21.7 Å². The smallest absolute Gasteiger partial charge is 0.255 e. The third-order valence-electron chi connectivity index (χ3n) is 4.77. The Balaban J connectivity index is 0.00000288. The molecule has 0 N–H and O–H groups in total. The number of ether oxygens (including phenoxy) is 1. The number of para-hydroxylation sites is 2. The van der Waals surface area contributed by atoms with E-state index in [4.69, 9.17) is 4.74 Å². The van der Waals surface area contributed by atoms with Crippen molar-refractivity contribution in [3.63, 3.8) is 0 Å². The first-order valence-electron chi connectivity index (χ1n) is 9.27. The second-order valence-corrected chi connectivity index (χ2v) is 6.54. The molecule has 0 unspecified atom stereocenters. The number of rotatable bonds is 11. The van der Waals surface area contributed by atoms with Crippen LogP contribution in [0, 0.1) is 6.92 Å². The zero-order chi connectivity index (χ0) is 16.5. The summed E-state index contributed by atoms with van der Waals surface area (Å²) in [4.78, 5) is 0. The molecule has 2 aromatic rings. The molecule has 0 bridgehead atoms. The fourth-order valence-electron chi connectivity index (χ4n) is 3.16. The first kappa shape index (κ1) is 21.0. The van der Waals surface area contributed by atoms with E-state index < -0.39 is 0 Å². The molecule has 4 heteroatoms. The first-order chi connectivity index (χ1) is 11.3. The summed E-state index contributed by atoms with van der Waals surface area (Å²) in [6.07, 6.45) is 10.8. The molecular weight excluding hydrogens is 320 g/mol. The van der Waals surface area contributed by atoms with Gasteiger partial charge in [0.15, 0.2) is 17.8 Å². The molecule has 0 fully saturated rings. The van der Waals surface area contributed by atoms with Crippen LogP contribution in [-0.4, -0.2) is 11.2 Å². The van der Waals surface area contributed by atoms with Crippen molar-refractivity contribution in [3.05, 3.63) is 30.1 Å². The number of benzene rings is 1. The summed E-state index contributed by atoms with van der Waals surface area (Å²) in [5, 5.41) is 0. The van der Waals surface area contributed by atoms with Crippen LogP contribution in [0.1, 0.15) is 64.1 Å². The molecule has 0 radical (unpaired) electrons. The number of aryl methyl sites for hydroxylation is 1. The molecule has 1 heterocycles. The minimum absolute atomic E-state index is 0. The lowest BCUT2D eigenvalue weighted by atomic mass is 10.1. The van der Waals surface area contributed by atoms with Crippen LogP contribution in [0.4, 0.5) is 0 Å². The van der Waals surface area contributed by atoms with Gasteiger partial charge in [-0.3, -0.25) is 0 Å². The summed E-state index contributed by atoms with van der Waals surface area (Å²) in [7, 11) is 2.12. The van der Waals surface area contributed by atoms with Gasteiger partial charge >= 0.3 is 0 Å². The second-order valence-electron chi connectivity index (χ2n) is 6.54. The third-order valence-corrected chi connectivity index (χ3v) is 4.77. The maximum absolute atomic E-state index is 5.92. The van der Waals surface area contributed by atoms with Crippen LogP contribution in [0.5, 0.6) is 0 Å². The van der Waals surface area contributed by atoms with Crippen molar-refractivity contribution in [2.45, 2.75) is 71.9 Å². The Labute approximate surface area is 153 Å². The molecule has 2 rings (SSSR count). The van der Waals surface area contributed by atoms with E-state index in [-0.39, 0.29) is 12.4 Å². The van der Waals surface area contributed by atoms with Crippen molar-refractivity contribution in [3.8, 4) is 0 Å². The van der Waals surface area contributed by atoms with E-state index in [1.165, 1.54) is 68.2 Å². The molecule has 3 nitrogen and oxygen atoms in total. The topological polar surface area (TPSA) is 18.0 Å². The van der Waals surface area contributed by atoms with Crippen LogP contribution in [-0.2, 0) is 18.5 Å². The van der Waals surface area contributed by atoms with E-state index in [0.717, 1.165) is 6.61 Å². The number of unbranched alkanes of at least 4 members (excludes halogenated alkanes) is 7. The molecule has 136 valence electrons. The zero-order valence-corrected chi connectivity index (χ0v) is 16.3. The molecule has 0 aliphatic carbocycles. The summed E-state index contributed by atoms with van der Waals surface area (Å²) in [5.74, 6) is 1.24. The fraction of sp³-hybridized carbons (Fsp3) is 0.650. The van der Waals surface area contributed by atoms with E-state index in [1.807, 2.05) is 0 Å². The number of imidazole rings is 1. The van der Waals surface area contributed by atoms with Gasteiger partial charge in [0.1, 0.15) is 0 Å². The molecule has 0 saturated heterocycles. The van der Waals surface area contributed by atoms with Crippen LogP contribution >= 0.6 is 0 Å². The monoisotopic (exact) mass is 352 g/mol. The molecule has 0 saturated carbocycles. The van der Waals surface area contributed by atoms with E-state index in [9.17, 15) is 0 Å². The van der Waals surface area contributed by atoms with Gasteiger partial charge in [0, 0.05) is 6.92 Å². The van der Waals surface area contributed by atoms with Gasteiger partial charge in [-0.2, -0.15) is 0 Å². The highest BCUT2D eigenvalue weighted by Crippen LogP contribution is 2.14. The predicted octanol–water partition coefficient (Wildman–Crippen LogP) is 1.89. The van der Waals surface area contributed by atoms with Crippen LogP contribution in [0.2, 0.25) is 0 Å². The number of fused-ring (bicyclic) bond motifs is 1. The number of aromatic nitrogens is 2. The van der Waals surface area contributed by atoms with Crippen LogP contribution in [0.3, 0.4) is 0 Å². The van der Waals surface area contributed by atoms with Crippen molar-refractivity contribution in [2.24, 2.45) is 7.05 Å². The van der Waals surface area contributed by atoms with Gasteiger partial charge in [0.25, 0.3) is 5.82 Å². The highest BCUT2D eigenvalue weighted by atomic mass is 35.5. The maximum atomic E-state index is 5.92. The maximum Gasteiger partial charge on any atom is 0.255 e. The largest absolute Gasteiger partial charge is 1.00 e. The summed E-state index contributed by atoms with van der Waals surface area (Å²) in [6.45, 7) is 5.95. The Bertz CT molecular complexity index is 595. The first-order valence-corrected chi connectivity index (χ1v) is 9.27. The summed E-state index contributed by atoms with van der Waals surface area (Å²) >= 11 is 0. The van der Waals surface area contributed by atoms with E-state index in [1.54, 1.807) is 0 Å². The molecule has 0 aliphatic heterocycles. The highest BCUT2D eigenvalue weighted by molar-refractivity contribution is 5.72. The van der Waals surface area contributed by atoms with Crippen molar-refractivity contribution in [2.75, 3.05) is 6.61 Å². The molecular formula is C20H33ClN2O. The lowest BCUT2D eigenvalue weighted by Crippen LogP contribution is -3.00. The van der Waals surface area contributed by atoms with E-state index in [0.29, 0.717) is 6.73 Å². The highest BCUT2D eigenvalue weighted by Gasteiger charge is 2.17. The zero-order valence-electron chi connectivity index (χ0n) is 15.6. The quantitative estimate of drug-likeness (QED) is 0.446. The molecule has 1 aromatic carbocycles. The van der Waals surface area contributed by atoms with E-state index in [2.05, 4.69) is 54.3 Å². The minimum atomic E-state index is 0. The van der Waals surface area contributed by atoms with Gasteiger partial charge in [-0.1, -0.05) is 64.0 Å². The van der Waals surface area contributed by atoms with Gasteiger partial charge in [0.05, 0.1) is 13.7 Å². The van der Waals surface area contributed by atoms with Crippen molar-refractivity contribution >= 4 is 11.0 Å². The van der Waals surface area contributed by atoms with Crippen molar-refractivity contribution in [1.29, 1.82) is 0 Å². The molecule has 0 spiro atoms. The number of hydrogen-bond acceptors (Lipinski definition) is 1. The standard InChI is InChI=1S/C20H33N2O.ClH/c1-4-5-6-7-8-9-10-13-16-23-17-22-18(2)21(3)19-14-11-12-15-20(19)22;/h11-12,14-15H,4-10,13,16-17H2,1-3H3;1H/q+1;/p-1. The molecule has 0 amide bonds. The number of nitrogens with zero attached hydrogens (tertiary/aromatic N) is 2. The van der Waals surface area contributed by atoms with Crippen molar-refractivity contribution in [1.82, 2.24) is 4.57 Å². The Hall–Kier alpha value is -1.06. The summed E-state index contributed by atoms with van der Waals surface area (Å²) < 4.78 is 10.4. The number of hydrogen-bond donors (Lipinski definition) is 0.